The number of carboxylic acid groups (broad SMARTS) is 1. The number of hydrogen-bond donors (Lipinski definition) is 2. The molecule has 0 amide bonds. The topological polar surface area (TPSA) is 83.8 Å². The number of carbonyl (C=O) groups is 2. The van der Waals surface area contributed by atoms with Gasteiger partial charge >= 0.3 is 11.9 Å². The van der Waals surface area contributed by atoms with Crippen molar-refractivity contribution in [2.45, 2.75) is 46.3 Å². The Morgan fingerprint density at radius 3 is 1.81 bits per heavy atom. The first-order valence-electron chi connectivity index (χ1n) is 5.30. The van der Waals surface area contributed by atoms with Gasteiger partial charge in [0.05, 0.1) is 12.0 Å². The van der Waals surface area contributed by atoms with Gasteiger partial charge in [-0.2, -0.15) is 0 Å². The highest BCUT2D eigenvalue weighted by Crippen LogP contribution is 2.28. The van der Waals surface area contributed by atoms with Crippen LogP contribution in [0.3, 0.4) is 0 Å². The first kappa shape index (κ1) is 14.9. The Morgan fingerprint density at radius 2 is 1.56 bits per heavy atom. The zero-order valence-electron chi connectivity index (χ0n) is 10.4. The Labute approximate surface area is 95.4 Å². The number of rotatable bonds is 5. The highest BCUT2D eigenvalue weighted by atomic mass is 16.6. The minimum Gasteiger partial charge on any atom is -0.481 e. The number of carbonyl (C=O) groups excluding carboxylic acids is 1. The number of ether oxygens (including phenoxy) is 1. The van der Waals surface area contributed by atoms with Crippen LogP contribution in [-0.4, -0.2) is 33.9 Å². The molecule has 0 bridgehead atoms. The molecule has 2 N–H and O–H groups in total. The van der Waals surface area contributed by atoms with Crippen molar-refractivity contribution in [2.75, 3.05) is 0 Å². The SMILES string of the molecule is CC(C)OC(=O)[C@@](O)(C(C)C)[C@H](C)C(=O)O. The fourth-order valence-corrected chi connectivity index (χ4v) is 1.41. The van der Waals surface area contributed by atoms with E-state index in [9.17, 15) is 14.7 Å². The molecule has 0 saturated heterocycles. The third-order valence-corrected chi connectivity index (χ3v) is 2.58. The Kier molecular flexibility index (Phi) is 4.93. The van der Waals surface area contributed by atoms with Crippen LogP contribution in [-0.2, 0) is 14.3 Å². The van der Waals surface area contributed by atoms with Gasteiger partial charge in [0.1, 0.15) is 0 Å². The van der Waals surface area contributed by atoms with Gasteiger partial charge in [0.15, 0.2) is 5.60 Å². The van der Waals surface area contributed by atoms with Crippen molar-refractivity contribution in [1.29, 1.82) is 0 Å². The van der Waals surface area contributed by atoms with Crippen LogP contribution in [0.2, 0.25) is 0 Å². The van der Waals surface area contributed by atoms with Crippen LogP contribution in [0, 0.1) is 11.8 Å². The van der Waals surface area contributed by atoms with E-state index in [4.69, 9.17) is 9.84 Å². The lowest BCUT2D eigenvalue weighted by atomic mass is 9.79. The maximum Gasteiger partial charge on any atom is 0.339 e. The molecule has 5 nitrogen and oxygen atoms in total. The standard InChI is InChI=1S/C11H20O5/c1-6(2)11(15,8(5)9(12)13)10(14)16-7(3)4/h6-8,15H,1-5H3,(H,12,13)/t8-,11-/m1/s1. The number of aliphatic hydroxyl groups is 1. The molecule has 0 saturated carbocycles. The molecule has 0 radical (unpaired) electrons. The molecule has 0 unspecified atom stereocenters. The van der Waals surface area contributed by atoms with Crippen molar-refractivity contribution in [2.24, 2.45) is 11.8 Å². The van der Waals surface area contributed by atoms with Crippen LogP contribution in [0.15, 0.2) is 0 Å². The zero-order chi connectivity index (χ0) is 13.1. The first-order valence-corrected chi connectivity index (χ1v) is 5.30. The second kappa shape index (κ2) is 5.30. The molecule has 94 valence electrons. The van der Waals surface area contributed by atoms with Crippen LogP contribution >= 0.6 is 0 Å². The number of aliphatic carboxylic acids is 1. The van der Waals surface area contributed by atoms with Gasteiger partial charge in [-0.3, -0.25) is 4.79 Å². The summed E-state index contributed by atoms with van der Waals surface area (Å²) in [6.45, 7) is 7.75. The summed E-state index contributed by atoms with van der Waals surface area (Å²) in [5.41, 5.74) is -1.99. The predicted molar refractivity (Wildman–Crippen MR) is 57.8 cm³/mol. The molecule has 0 spiro atoms. The third kappa shape index (κ3) is 2.95. The summed E-state index contributed by atoms with van der Waals surface area (Å²) in [7, 11) is 0. The lowest BCUT2D eigenvalue weighted by molar-refractivity contribution is -0.187. The van der Waals surface area contributed by atoms with Gasteiger partial charge in [0.2, 0.25) is 0 Å². The van der Waals surface area contributed by atoms with E-state index in [2.05, 4.69) is 0 Å². The van der Waals surface area contributed by atoms with Crippen LogP contribution in [0.1, 0.15) is 34.6 Å². The first-order chi connectivity index (χ1) is 7.13. The summed E-state index contributed by atoms with van der Waals surface area (Å²) in [5.74, 6) is -3.85. The second-order valence-corrected chi connectivity index (χ2v) is 4.49. The molecule has 0 aromatic carbocycles. The minimum absolute atomic E-state index is 0.390. The molecule has 0 aliphatic heterocycles. The highest BCUT2D eigenvalue weighted by Gasteiger charge is 2.49. The number of esters is 1. The molecular formula is C11H20O5. The minimum atomic E-state index is -1.99. The van der Waals surface area contributed by atoms with Gasteiger partial charge in [-0.15, -0.1) is 0 Å². The van der Waals surface area contributed by atoms with Gasteiger partial charge in [0, 0.05) is 0 Å². The summed E-state index contributed by atoms with van der Waals surface area (Å²) >= 11 is 0. The maximum absolute atomic E-state index is 11.7. The second-order valence-electron chi connectivity index (χ2n) is 4.49. The summed E-state index contributed by atoms with van der Waals surface area (Å²) in [6.07, 6.45) is -0.390. The molecule has 0 aliphatic rings. The van der Waals surface area contributed by atoms with Gasteiger partial charge in [-0.25, -0.2) is 4.79 Å². The van der Waals surface area contributed by atoms with E-state index in [1.807, 2.05) is 0 Å². The molecule has 5 heteroatoms. The van der Waals surface area contributed by atoms with Crippen molar-refractivity contribution in [3.63, 3.8) is 0 Å². The molecule has 0 aromatic rings. The van der Waals surface area contributed by atoms with E-state index < -0.39 is 35.5 Å². The summed E-state index contributed by atoms with van der Waals surface area (Å²) in [6, 6.07) is 0. The van der Waals surface area contributed by atoms with E-state index in [1.165, 1.54) is 6.92 Å². The smallest absolute Gasteiger partial charge is 0.339 e. The molecule has 0 fully saturated rings. The van der Waals surface area contributed by atoms with E-state index in [0.717, 1.165) is 0 Å². The van der Waals surface area contributed by atoms with E-state index in [0.29, 0.717) is 0 Å². The van der Waals surface area contributed by atoms with Gasteiger partial charge in [0.25, 0.3) is 0 Å². The summed E-state index contributed by atoms with van der Waals surface area (Å²) in [4.78, 5) is 22.6. The highest BCUT2D eigenvalue weighted by molar-refractivity contribution is 5.87. The zero-order valence-corrected chi connectivity index (χ0v) is 10.4. The van der Waals surface area contributed by atoms with Crippen LogP contribution in [0.5, 0.6) is 0 Å². The monoisotopic (exact) mass is 232 g/mol. The summed E-state index contributed by atoms with van der Waals surface area (Å²) < 4.78 is 4.90. The average molecular weight is 232 g/mol. The number of hydrogen-bond acceptors (Lipinski definition) is 4. The average Bonchev–Trinajstić information content (AvgIpc) is 2.13. The quantitative estimate of drug-likeness (QED) is 0.692. The van der Waals surface area contributed by atoms with Gasteiger partial charge < -0.3 is 14.9 Å². The lowest BCUT2D eigenvalue weighted by Crippen LogP contribution is -2.53. The van der Waals surface area contributed by atoms with Crippen molar-refractivity contribution < 1.29 is 24.5 Å². The van der Waals surface area contributed by atoms with Crippen molar-refractivity contribution in [1.82, 2.24) is 0 Å². The normalized spacial score (nSPS) is 17.0. The predicted octanol–water partition coefficient (Wildman–Crippen LogP) is 1.05. The summed E-state index contributed by atoms with van der Waals surface area (Å²) in [5, 5.41) is 19.1. The van der Waals surface area contributed by atoms with Crippen molar-refractivity contribution >= 4 is 11.9 Å². The Balaban J connectivity index is 5.11. The van der Waals surface area contributed by atoms with Crippen molar-refractivity contribution in [3.8, 4) is 0 Å². The van der Waals surface area contributed by atoms with Crippen LogP contribution < -0.4 is 0 Å². The number of carboxylic acids is 1. The van der Waals surface area contributed by atoms with E-state index in [-0.39, 0.29) is 0 Å². The van der Waals surface area contributed by atoms with Crippen LogP contribution in [0.25, 0.3) is 0 Å². The van der Waals surface area contributed by atoms with Crippen molar-refractivity contribution in [3.05, 3.63) is 0 Å². The van der Waals surface area contributed by atoms with E-state index in [1.54, 1.807) is 27.7 Å². The lowest BCUT2D eigenvalue weighted by Gasteiger charge is -2.33. The maximum atomic E-state index is 11.7. The molecule has 0 rings (SSSR count). The Bertz CT molecular complexity index is 272. The van der Waals surface area contributed by atoms with E-state index >= 15 is 0 Å². The van der Waals surface area contributed by atoms with Gasteiger partial charge in [-0.05, 0) is 26.7 Å². The Morgan fingerprint density at radius 1 is 1.12 bits per heavy atom. The largest absolute Gasteiger partial charge is 0.481 e. The molecule has 0 aromatic heterocycles. The fourth-order valence-electron chi connectivity index (χ4n) is 1.41. The van der Waals surface area contributed by atoms with Gasteiger partial charge in [-0.1, -0.05) is 13.8 Å². The third-order valence-electron chi connectivity index (χ3n) is 2.58. The molecule has 0 heterocycles. The molecule has 2 atom stereocenters. The molecule has 16 heavy (non-hydrogen) atoms. The van der Waals surface area contributed by atoms with Crippen LogP contribution in [0.4, 0.5) is 0 Å². The fraction of sp³-hybridized carbons (Fsp3) is 0.818. The molecular weight excluding hydrogens is 212 g/mol. The molecule has 0 aliphatic carbocycles. The Hall–Kier alpha value is -1.10.